The number of nitrogens with zero attached hydrogens (tertiary/aromatic N) is 1. The monoisotopic (exact) mass is 296 g/mol. The number of carbonyl (C=O) groups is 2. The van der Waals surface area contributed by atoms with Crippen LogP contribution in [-0.4, -0.2) is 36.3 Å². The number of likely N-dealkylation sites (N-methyl/N-ethyl adjacent to an activating group) is 1. The molecule has 1 aliphatic heterocycles. The second kappa shape index (κ2) is 4.87. The predicted octanol–water partition coefficient (Wildman–Crippen LogP) is 1.41. The Balaban J connectivity index is 2.05. The highest BCUT2D eigenvalue weighted by Crippen LogP contribution is 2.13. The van der Waals surface area contributed by atoms with E-state index in [9.17, 15) is 9.59 Å². The van der Waals surface area contributed by atoms with Gasteiger partial charge in [-0.15, -0.1) is 0 Å². The van der Waals surface area contributed by atoms with Crippen LogP contribution in [0, 0.1) is 0 Å². The highest BCUT2D eigenvalue weighted by Gasteiger charge is 2.30. The molecule has 0 aromatic heterocycles. The van der Waals surface area contributed by atoms with Gasteiger partial charge in [0.15, 0.2) is 0 Å². The minimum Gasteiger partial charge on any atom is -0.344 e. The number of hydrogen-bond acceptors (Lipinski definition) is 2. The fourth-order valence-corrected chi connectivity index (χ4v) is 2.23. The topological polar surface area (TPSA) is 49.4 Å². The summed E-state index contributed by atoms with van der Waals surface area (Å²) in [7, 11) is 1.74. The number of nitrogens with one attached hydrogen (secondary N) is 1. The summed E-state index contributed by atoms with van der Waals surface area (Å²) in [4.78, 5) is 25.2. The molecule has 2 rings (SSSR count). The zero-order chi connectivity index (χ0) is 12.4. The summed E-state index contributed by atoms with van der Waals surface area (Å²) in [5, 5.41) is 2.75. The molecule has 0 spiro atoms. The maximum Gasteiger partial charge on any atom is 0.251 e. The van der Waals surface area contributed by atoms with Crippen LogP contribution in [0.15, 0.2) is 28.7 Å². The van der Waals surface area contributed by atoms with Crippen molar-refractivity contribution < 1.29 is 9.59 Å². The lowest BCUT2D eigenvalue weighted by molar-refractivity contribution is -0.128. The van der Waals surface area contributed by atoms with E-state index >= 15 is 0 Å². The van der Waals surface area contributed by atoms with Crippen LogP contribution in [0.3, 0.4) is 0 Å². The molecule has 1 saturated heterocycles. The molecular formula is C12H13BrN2O2. The van der Waals surface area contributed by atoms with Crippen molar-refractivity contribution in [1.29, 1.82) is 0 Å². The van der Waals surface area contributed by atoms with E-state index in [0.29, 0.717) is 18.5 Å². The standard InChI is InChI=1S/C12H13BrN2O2/c1-15-6-5-10(12(15)17)14-11(16)8-3-2-4-9(13)7-8/h2-4,7,10H,5-6H2,1H3,(H,14,16). The van der Waals surface area contributed by atoms with Gasteiger partial charge in [-0.3, -0.25) is 9.59 Å². The van der Waals surface area contributed by atoms with Gasteiger partial charge in [0.25, 0.3) is 5.91 Å². The quantitative estimate of drug-likeness (QED) is 0.897. The third-order valence-corrected chi connectivity index (χ3v) is 3.31. The molecule has 1 aromatic carbocycles. The molecule has 4 nitrogen and oxygen atoms in total. The first-order valence-corrected chi connectivity index (χ1v) is 6.18. The van der Waals surface area contributed by atoms with Gasteiger partial charge >= 0.3 is 0 Å². The third kappa shape index (κ3) is 2.66. The molecule has 2 amide bonds. The van der Waals surface area contributed by atoms with Gasteiger partial charge in [-0.2, -0.15) is 0 Å². The average Bonchev–Trinajstić information content (AvgIpc) is 2.61. The van der Waals surface area contributed by atoms with Crippen LogP contribution in [0.25, 0.3) is 0 Å². The maximum atomic E-state index is 11.9. The summed E-state index contributed by atoms with van der Waals surface area (Å²) < 4.78 is 0.847. The van der Waals surface area contributed by atoms with Crippen molar-refractivity contribution in [2.75, 3.05) is 13.6 Å². The molecule has 0 radical (unpaired) electrons. The van der Waals surface area contributed by atoms with E-state index in [4.69, 9.17) is 0 Å². The van der Waals surface area contributed by atoms with Crippen LogP contribution in [0.2, 0.25) is 0 Å². The van der Waals surface area contributed by atoms with Crippen LogP contribution in [0.1, 0.15) is 16.8 Å². The second-order valence-electron chi connectivity index (χ2n) is 4.08. The number of carbonyl (C=O) groups excluding carboxylic acids is 2. The Hall–Kier alpha value is -1.36. The zero-order valence-corrected chi connectivity index (χ0v) is 11.0. The van der Waals surface area contributed by atoms with E-state index < -0.39 is 0 Å². The molecule has 0 aliphatic carbocycles. The Kier molecular flexibility index (Phi) is 3.47. The molecule has 1 aromatic rings. The van der Waals surface area contributed by atoms with Crippen molar-refractivity contribution in [3.63, 3.8) is 0 Å². The molecule has 17 heavy (non-hydrogen) atoms. The molecule has 1 heterocycles. The van der Waals surface area contributed by atoms with Gasteiger partial charge in [0.2, 0.25) is 5.91 Å². The minimum absolute atomic E-state index is 0.0200. The summed E-state index contributed by atoms with van der Waals surface area (Å²) in [5.41, 5.74) is 0.557. The number of amides is 2. The minimum atomic E-state index is -0.383. The van der Waals surface area contributed by atoms with Crippen LogP contribution in [-0.2, 0) is 4.79 Å². The Bertz CT molecular complexity index is 462. The normalized spacial score (nSPS) is 19.5. The van der Waals surface area contributed by atoms with Gasteiger partial charge in [-0.25, -0.2) is 0 Å². The summed E-state index contributed by atoms with van der Waals surface area (Å²) in [6.07, 6.45) is 0.676. The largest absolute Gasteiger partial charge is 0.344 e. The van der Waals surface area contributed by atoms with E-state index in [1.54, 1.807) is 30.1 Å². The van der Waals surface area contributed by atoms with Crippen molar-refractivity contribution in [3.8, 4) is 0 Å². The molecule has 0 saturated carbocycles. The van der Waals surface area contributed by atoms with Crippen LogP contribution in [0.4, 0.5) is 0 Å². The first-order chi connectivity index (χ1) is 8.08. The number of halogens is 1. The Morgan fingerprint density at radius 2 is 2.29 bits per heavy atom. The first-order valence-electron chi connectivity index (χ1n) is 5.39. The smallest absolute Gasteiger partial charge is 0.251 e. The van der Waals surface area contributed by atoms with E-state index in [2.05, 4.69) is 21.2 Å². The Morgan fingerprint density at radius 3 is 2.88 bits per heavy atom. The van der Waals surface area contributed by atoms with Gasteiger partial charge in [0.05, 0.1) is 0 Å². The maximum absolute atomic E-state index is 11.9. The molecule has 1 fully saturated rings. The highest BCUT2D eigenvalue weighted by atomic mass is 79.9. The van der Waals surface area contributed by atoms with Crippen molar-refractivity contribution in [2.24, 2.45) is 0 Å². The fourth-order valence-electron chi connectivity index (χ4n) is 1.83. The van der Waals surface area contributed by atoms with Gasteiger partial charge in [-0.1, -0.05) is 22.0 Å². The van der Waals surface area contributed by atoms with Crippen molar-refractivity contribution in [2.45, 2.75) is 12.5 Å². The lowest BCUT2D eigenvalue weighted by atomic mass is 10.2. The second-order valence-corrected chi connectivity index (χ2v) is 5.00. The van der Waals surface area contributed by atoms with E-state index in [1.807, 2.05) is 6.07 Å². The molecule has 90 valence electrons. The van der Waals surface area contributed by atoms with Crippen LogP contribution in [0.5, 0.6) is 0 Å². The molecule has 1 atom stereocenters. The number of benzene rings is 1. The summed E-state index contributed by atoms with van der Waals surface area (Å²) in [6, 6.07) is 6.72. The van der Waals surface area contributed by atoms with Gasteiger partial charge in [-0.05, 0) is 24.6 Å². The zero-order valence-electron chi connectivity index (χ0n) is 9.44. The Morgan fingerprint density at radius 1 is 1.53 bits per heavy atom. The molecule has 1 unspecified atom stereocenters. The lowest BCUT2D eigenvalue weighted by Gasteiger charge is -2.12. The van der Waals surface area contributed by atoms with Gasteiger partial charge < -0.3 is 10.2 Å². The fraction of sp³-hybridized carbons (Fsp3) is 0.333. The molecule has 5 heteroatoms. The highest BCUT2D eigenvalue weighted by molar-refractivity contribution is 9.10. The van der Waals surface area contributed by atoms with Crippen molar-refractivity contribution in [3.05, 3.63) is 34.3 Å². The average molecular weight is 297 g/mol. The number of rotatable bonds is 2. The molecule has 1 aliphatic rings. The van der Waals surface area contributed by atoms with E-state index in [0.717, 1.165) is 4.47 Å². The molecule has 1 N–H and O–H groups in total. The Labute approximate surface area is 108 Å². The lowest BCUT2D eigenvalue weighted by Crippen LogP contribution is -2.40. The van der Waals surface area contributed by atoms with Crippen LogP contribution >= 0.6 is 15.9 Å². The van der Waals surface area contributed by atoms with Crippen molar-refractivity contribution >= 4 is 27.7 Å². The molecule has 0 bridgehead atoms. The number of hydrogen-bond donors (Lipinski definition) is 1. The van der Waals surface area contributed by atoms with E-state index in [1.165, 1.54) is 0 Å². The SMILES string of the molecule is CN1CCC(NC(=O)c2cccc(Br)c2)C1=O. The molecular weight excluding hydrogens is 284 g/mol. The van der Waals surface area contributed by atoms with Crippen molar-refractivity contribution in [1.82, 2.24) is 10.2 Å². The number of likely N-dealkylation sites (tertiary alicyclic amines) is 1. The predicted molar refractivity (Wildman–Crippen MR) is 67.7 cm³/mol. The van der Waals surface area contributed by atoms with Gasteiger partial charge in [0.1, 0.15) is 6.04 Å². The summed E-state index contributed by atoms with van der Waals surface area (Å²) in [6.45, 7) is 0.697. The third-order valence-electron chi connectivity index (χ3n) is 2.82. The summed E-state index contributed by atoms with van der Waals surface area (Å²) in [5.74, 6) is -0.228. The van der Waals surface area contributed by atoms with Gasteiger partial charge in [0, 0.05) is 23.6 Å². The first kappa shape index (κ1) is 12.1. The van der Waals surface area contributed by atoms with E-state index in [-0.39, 0.29) is 17.9 Å². The van der Waals surface area contributed by atoms with Crippen LogP contribution < -0.4 is 5.32 Å². The summed E-state index contributed by atoms with van der Waals surface area (Å²) >= 11 is 3.31.